The van der Waals surface area contributed by atoms with Crippen LogP contribution in [0.25, 0.3) is 10.9 Å². The molecule has 0 aliphatic heterocycles. The number of anilines is 1. The fourth-order valence-corrected chi connectivity index (χ4v) is 2.57. The SMILES string of the molecule is C#Cc1ccc2nc(CCn3ccnc3)nc(NCCOCCO)c2c1. The Balaban J connectivity index is 1.81. The monoisotopic (exact) mass is 351 g/mol. The first-order valence-corrected chi connectivity index (χ1v) is 8.45. The molecule has 0 amide bonds. The Labute approximate surface area is 152 Å². The van der Waals surface area contributed by atoms with Gasteiger partial charge in [0.2, 0.25) is 0 Å². The van der Waals surface area contributed by atoms with Crippen LogP contribution in [-0.4, -0.2) is 51.0 Å². The minimum atomic E-state index is 0.0143. The highest BCUT2D eigenvalue weighted by molar-refractivity contribution is 5.90. The third-order valence-corrected chi connectivity index (χ3v) is 3.84. The number of aryl methyl sites for hydroxylation is 2. The van der Waals surface area contributed by atoms with Crippen molar-refractivity contribution in [3.63, 3.8) is 0 Å². The lowest BCUT2D eigenvalue weighted by molar-refractivity contribution is 0.0992. The van der Waals surface area contributed by atoms with E-state index in [0.29, 0.717) is 26.2 Å². The summed E-state index contributed by atoms with van der Waals surface area (Å²) in [5.41, 5.74) is 1.63. The Bertz CT molecular complexity index is 887. The average Bonchev–Trinajstić information content (AvgIpc) is 3.19. The summed E-state index contributed by atoms with van der Waals surface area (Å²) < 4.78 is 7.28. The van der Waals surface area contributed by atoms with E-state index in [1.54, 1.807) is 12.5 Å². The van der Waals surface area contributed by atoms with Gasteiger partial charge in [-0.2, -0.15) is 0 Å². The van der Waals surface area contributed by atoms with Crippen LogP contribution in [0.5, 0.6) is 0 Å². The molecule has 3 aromatic rings. The van der Waals surface area contributed by atoms with E-state index in [1.165, 1.54) is 0 Å². The topological polar surface area (TPSA) is 85.1 Å². The molecule has 2 aromatic heterocycles. The zero-order valence-electron chi connectivity index (χ0n) is 14.4. The van der Waals surface area contributed by atoms with Gasteiger partial charge in [0.15, 0.2) is 0 Å². The Morgan fingerprint density at radius 1 is 1.27 bits per heavy atom. The largest absolute Gasteiger partial charge is 0.394 e. The van der Waals surface area contributed by atoms with E-state index < -0.39 is 0 Å². The van der Waals surface area contributed by atoms with E-state index in [4.69, 9.17) is 16.3 Å². The van der Waals surface area contributed by atoms with Crippen LogP contribution in [-0.2, 0) is 17.7 Å². The molecule has 0 unspecified atom stereocenters. The Morgan fingerprint density at radius 2 is 2.19 bits per heavy atom. The second kappa shape index (κ2) is 8.94. The van der Waals surface area contributed by atoms with Crippen molar-refractivity contribution in [1.82, 2.24) is 19.5 Å². The molecule has 0 radical (unpaired) electrons. The van der Waals surface area contributed by atoms with E-state index in [1.807, 2.05) is 29.0 Å². The fraction of sp³-hybridized carbons (Fsp3) is 0.316. The van der Waals surface area contributed by atoms with Crippen LogP contribution >= 0.6 is 0 Å². The molecular formula is C19H21N5O2. The van der Waals surface area contributed by atoms with E-state index in [0.717, 1.165) is 34.7 Å². The number of aliphatic hydroxyl groups is 1. The number of fused-ring (bicyclic) bond motifs is 1. The molecule has 7 heteroatoms. The highest BCUT2D eigenvalue weighted by Crippen LogP contribution is 2.22. The molecule has 3 rings (SSSR count). The van der Waals surface area contributed by atoms with Gasteiger partial charge in [-0.3, -0.25) is 0 Å². The van der Waals surface area contributed by atoms with Crippen molar-refractivity contribution in [2.24, 2.45) is 0 Å². The summed E-state index contributed by atoms with van der Waals surface area (Å²) in [5, 5.41) is 12.9. The molecule has 134 valence electrons. The van der Waals surface area contributed by atoms with Gasteiger partial charge in [0.05, 0.1) is 31.7 Å². The van der Waals surface area contributed by atoms with Crippen LogP contribution in [0.15, 0.2) is 36.9 Å². The van der Waals surface area contributed by atoms with Crippen molar-refractivity contribution in [2.45, 2.75) is 13.0 Å². The highest BCUT2D eigenvalue weighted by Gasteiger charge is 2.09. The zero-order chi connectivity index (χ0) is 18.2. The molecule has 0 saturated carbocycles. The molecule has 0 bridgehead atoms. The van der Waals surface area contributed by atoms with Crippen molar-refractivity contribution < 1.29 is 9.84 Å². The van der Waals surface area contributed by atoms with E-state index in [-0.39, 0.29) is 6.61 Å². The van der Waals surface area contributed by atoms with Crippen molar-refractivity contribution in [3.05, 3.63) is 48.3 Å². The predicted octanol–water partition coefficient (Wildman–Crippen LogP) is 1.47. The van der Waals surface area contributed by atoms with Gasteiger partial charge in [-0.05, 0) is 18.2 Å². The molecule has 1 aromatic carbocycles. The van der Waals surface area contributed by atoms with Crippen molar-refractivity contribution in [3.8, 4) is 12.3 Å². The molecule has 0 aliphatic carbocycles. The maximum atomic E-state index is 8.76. The summed E-state index contributed by atoms with van der Waals surface area (Å²) in [6, 6.07) is 5.70. The van der Waals surface area contributed by atoms with Crippen LogP contribution in [0.3, 0.4) is 0 Å². The number of aromatic nitrogens is 4. The van der Waals surface area contributed by atoms with Crippen molar-refractivity contribution in [2.75, 3.05) is 31.7 Å². The van der Waals surface area contributed by atoms with Gasteiger partial charge in [-0.15, -0.1) is 6.42 Å². The van der Waals surface area contributed by atoms with Gasteiger partial charge < -0.3 is 19.7 Å². The zero-order valence-corrected chi connectivity index (χ0v) is 14.4. The number of hydrogen-bond acceptors (Lipinski definition) is 6. The maximum Gasteiger partial charge on any atom is 0.137 e. The number of nitrogens with zero attached hydrogens (tertiary/aromatic N) is 4. The second-order valence-electron chi connectivity index (χ2n) is 5.68. The molecule has 0 atom stereocenters. The average molecular weight is 351 g/mol. The Kier molecular flexibility index (Phi) is 6.14. The molecular weight excluding hydrogens is 330 g/mol. The van der Waals surface area contributed by atoms with Crippen LogP contribution in [0.4, 0.5) is 5.82 Å². The van der Waals surface area contributed by atoms with E-state index >= 15 is 0 Å². The van der Waals surface area contributed by atoms with Gasteiger partial charge in [0, 0.05) is 42.9 Å². The highest BCUT2D eigenvalue weighted by atomic mass is 16.5. The van der Waals surface area contributed by atoms with Gasteiger partial charge in [-0.1, -0.05) is 5.92 Å². The number of terminal acetylenes is 1. The number of nitrogens with one attached hydrogen (secondary N) is 1. The van der Waals surface area contributed by atoms with Gasteiger partial charge in [0.1, 0.15) is 11.6 Å². The number of aliphatic hydroxyl groups excluding tert-OH is 1. The lowest BCUT2D eigenvalue weighted by Crippen LogP contribution is -2.14. The van der Waals surface area contributed by atoms with Crippen molar-refractivity contribution >= 4 is 16.7 Å². The van der Waals surface area contributed by atoms with Gasteiger partial charge >= 0.3 is 0 Å². The quantitative estimate of drug-likeness (QED) is 0.449. The predicted molar refractivity (Wildman–Crippen MR) is 99.8 cm³/mol. The number of ether oxygens (including phenoxy) is 1. The third-order valence-electron chi connectivity index (χ3n) is 3.84. The molecule has 0 fully saturated rings. The van der Waals surface area contributed by atoms with Gasteiger partial charge in [0.25, 0.3) is 0 Å². The normalized spacial score (nSPS) is 10.8. The lowest BCUT2D eigenvalue weighted by Gasteiger charge is -2.12. The molecule has 7 nitrogen and oxygen atoms in total. The first-order valence-electron chi connectivity index (χ1n) is 8.45. The summed E-state index contributed by atoms with van der Waals surface area (Å²) in [7, 11) is 0. The number of rotatable bonds is 9. The molecule has 26 heavy (non-hydrogen) atoms. The fourth-order valence-electron chi connectivity index (χ4n) is 2.57. The number of imidazole rings is 1. The third kappa shape index (κ3) is 4.57. The van der Waals surface area contributed by atoms with Crippen LogP contribution in [0.2, 0.25) is 0 Å². The summed E-state index contributed by atoms with van der Waals surface area (Å²) in [6.45, 7) is 2.15. The van der Waals surface area contributed by atoms with E-state index in [9.17, 15) is 0 Å². The minimum absolute atomic E-state index is 0.0143. The summed E-state index contributed by atoms with van der Waals surface area (Å²) in [6.07, 6.45) is 11.6. The van der Waals surface area contributed by atoms with Crippen molar-refractivity contribution in [1.29, 1.82) is 0 Å². The summed E-state index contributed by atoms with van der Waals surface area (Å²) >= 11 is 0. The van der Waals surface area contributed by atoms with Gasteiger partial charge in [-0.25, -0.2) is 15.0 Å². The smallest absolute Gasteiger partial charge is 0.137 e. The lowest BCUT2D eigenvalue weighted by atomic mass is 10.1. The van der Waals surface area contributed by atoms with Crippen LogP contribution < -0.4 is 5.32 Å². The molecule has 0 aliphatic rings. The molecule has 2 heterocycles. The van der Waals surface area contributed by atoms with Crippen LogP contribution in [0, 0.1) is 12.3 Å². The minimum Gasteiger partial charge on any atom is -0.394 e. The van der Waals surface area contributed by atoms with Crippen LogP contribution in [0.1, 0.15) is 11.4 Å². The standard InChI is InChI=1S/C19H21N5O2/c1-2-15-3-4-17-16(13-15)19(21-7-11-26-12-10-25)23-18(22-17)5-8-24-9-6-20-14-24/h1,3-4,6,9,13-14,25H,5,7-8,10-12H2,(H,21,22,23). The Morgan fingerprint density at radius 3 is 2.96 bits per heavy atom. The summed E-state index contributed by atoms with van der Waals surface area (Å²) in [4.78, 5) is 13.4. The summed E-state index contributed by atoms with van der Waals surface area (Å²) in [5.74, 6) is 4.13. The Hall–Kier alpha value is -2.95. The first-order chi connectivity index (χ1) is 12.8. The maximum absolute atomic E-state index is 8.76. The number of hydrogen-bond donors (Lipinski definition) is 2. The second-order valence-corrected chi connectivity index (χ2v) is 5.68. The first kappa shape index (κ1) is 17.9. The number of benzene rings is 1. The molecule has 0 spiro atoms. The molecule has 0 saturated heterocycles. The van der Waals surface area contributed by atoms with E-state index in [2.05, 4.69) is 26.2 Å². The molecule has 2 N–H and O–H groups in total.